The van der Waals surface area contributed by atoms with E-state index in [1.165, 1.54) is 0 Å². The number of amides is 4. The van der Waals surface area contributed by atoms with Gasteiger partial charge in [-0.05, 0) is 42.3 Å². The molecule has 4 amide bonds. The minimum absolute atomic E-state index is 0.0832. The second-order valence-electron chi connectivity index (χ2n) is 8.94. The summed E-state index contributed by atoms with van der Waals surface area (Å²) in [5.74, 6) is 0.215. The summed E-state index contributed by atoms with van der Waals surface area (Å²) in [7, 11) is 1.58. The first-order chi connectivity index (χ1) is 16.9. The van der Waals surface area contributed by atoms with Crippen LogP contribution in [-0.4, -0.2) is 72.0 Å². The first-order valence-corrected chi connectivity index (χ1v) is 11.7. The Morgan fingerprint density at radius 3 is 2.23 bits per heavy atom. The van der Waals surface area contributed by atoms with E-state index in [-0.39, 0.29) is 23.8 Å². The van der Waals surface area contributed by atoms with Crippen molar-refractivity contribution >= 4 is 34.4 Å². The molecule has 3 N–H and O–H groups in total. The van der Waals surface area contributed by atoms with E-state index in [1.54, 1.807) is 41.2 Å². The van der Waals surface area contributed by atoms with Crippen molar-refractivity contribution in [3.05, 3.63) is 60.3 Å². The van der Waals surface area contributed by atoms with Crippen LogP contribution in [0.4, 0.5) is 10.5 Å². The highest BCUT2D eigenvalue weighted by Crippen LogP contribution is 2.18. The van der Waals surface area contributed by atoms with Gasteiger partial charge in [0.2, 0.25) is 5.91 Å². The molecule has 1 unspecified atom stereocenters. The summed E-state index contributed by atoms with van der Waals surface area (Å²) in [4.78, 5) is 45.3. The Balaban J connectivity index is 1.32. The Hall–Kier alpha value is -4.01. The highest BCUT2D eigenvalue weighted by Gasteiger charge is 2.30. The number of H-pyrrole nitrogens is 1. The standard InChI is InChI=1S/C26H31N5O4/c1-17(2)23(24(32)27-19-8-10-20(35-3)11-9-19)29-26(34)31-14-12-30(13-15-31)25(33)22-16-18-6-4-5-7-21(18)28-22/h4-11,16-17,23,28H,12-15H2,1-3H3,(H,27,32)(H,29,34). The first kappa shape index (κ1) is 24.1. The molecule has 0 bridgehead atoms. The molecular formula is C26H31N5O4. The van der Waals surface area contributed by atoms with Crippen LogP contribution < -0.4 is 15.4 Å². The van der Waals surface area contributed by atoms with Crippen molar-refractivity contribution in [1.82, 2.24) is 20.1 Å². The molecule has 4 rings (SSSR count). The third kappa shape index (κ3) is 5.56. The molecule has 35 heavy (non-hydrogen) atoms. The summed E-state index contributed by atoms with van der Waals surface area (Å²) in [6, 6.07) is 15.6. The van der Waals surface area contributed by atoms with E-state index in [1.807, 2.05) is 44.2 Å². The Labute approximate surface area is 204 Å². The molecule has 0 aliphatic carbocycles. The monoisotopic (exact) mass is 477 g/mol. The molecule has 3 aromatic rings. The zero-order valence-electron chi connectivity index (χ0n) is 20.2. The van der Waals surface area contributed by atoms with Gasteiger partial charge < -0.3 is 30.2 Å². The summed E-state index contributed by atoms with van der Waals surface area (Å²) < 4.78 is 5.14. The Bertz CT molecular complexity index is 1160. The fourth-order valence-corrected chi connectivity index (χ4v) is 4.13. The number of benzene rings is 2. The van der Waals surface area contributed by atoms with Crippen LogP contribution in [0.2, 0.25) is 0 Å². The van der Waals surface area contributed by atoms with Crippen molar-refractivity contribution in [3.63, 3.8) is 0 Å². The average molecular weight is 478 g/mol. The van der Waals surface area contributed by atoms with E-state index in [0.29, 0.717) is 43.3 Å². The zero-order valence-corrected chi connectivity index (χ0v) is 20.2. The number of fused-ring (bicyclic) bond motifs is 1. The Morgan fingerprint density at radius 1 is 0.943 bits per heavy atom. The summed E-state index contributed by atoms with van der Waals surface area (Å²) in [5, 5.41) is 6.70. The van der Waals surface area contributed by atoms with Crippen LogP contribution in [0, 0.1) is 5.92 Å². The molecule has 2 aromatic carbocycles. The molecule has 0 spiro atoms. The van der Waals surface area contributed by atoms with Gasteiger partial charge in [0.05, 0.1) is 7.11 Å². The maximum atomic E-state index is 12.9. The van der Waals surface area contributed by atoms with Gasteiger partial charge in [0.1, 0.15) is 17.5 Å². The molecule has 0 saturated carbocycles. The lowest BCUT2D eigenvalue weighted by Gasteiger charge is -2.35. The molecule has 9 nitrogen and oxygen atoms in total. The molecule has 2 heterocycles. The van der Waals surface area contributed by atoms with Gasteiger partial charge in [-0.2, -0.15) is 0 Å². The first-order valence-electron chi connectivity index (χ1n) is 11.7. The van der Waals surface area contributed by atoms with Crippen molar-refractivity contribution in [3.8, 4) is 5.75 Å². The maximum absolute atomic E-state index is 12.9. The summed E-state index contributed by atoms with van der Waals surface area (Å²) in [6.07, 6.45) is 0. The number of urea groups is 1. The van der Waals surface area contributed by atoms with Gasteiger partial charge in [-0.3, -0.25) is 9.59 Å². The number of ether oxygens (including phenoxy) is 1. The van der Waals surface area contributed by atoms with Gasteiger partial charge in [0.15, 0.2) is 0 Å². The molecule has 1 fully saturated rings. The molecule has 184 valence electrons. The minimum Gasteiger partial charge on any atom is -0.497 e. The van der Waals surface area contributed by atoms with Crippen LogP contribution in [0.25, 0.3) is 10.9 Å². The van der Waals surface area contributed by atoms with Gasteiger partial charge in [-0.25, -0.2) is 4.79 Å². The number of aromatic nitrogens is 1. The van der Waals surface area contributed by atoms with Crippen LogP contribution >= 0.6 is 0 Å². The quantitative estimate of drug-likeness (QED) is 0.506. The number of aromatic amines is 1. The van der Waals surface area contributed by atoms with E-state index in [0.717, 1.165) is 10.9 Å². The van der Waals surface area contributed by atoms with Crippen molar-refractivity contribution in [2.24, 2.45) is 5.92 Å². The number of anilines is 1. The summed E-state index contributed by atoms with van der Waals surface area (Å²) in [5.41, 5.74) is 2.08. The van der Waals surface area contributed by atoms with E-state index in [9.17, 15) is 14.4 Å². The van der Waals surface area contributed by atoms with Crippen molar-refractivity contribution in [2.45, 2.75) is 19.9 Å². The Morgan fingerprint density at radius 2 is 1.60 bits per heavy atom. The number of carbonyl (C=O) groups is 3. The molecule has 1 aliphatic rings. The fourth-order valence-electron chi connectivity index (χ4n) is 4.13. The lowest BCUT2D eigenvalue weighted by atomic mass is 10.0. The summed E-state index contributed by atoms with van der Waals surface area (Å²) in [6.45, 7) is 5.40. The maximum Gasteiger partial charge on any atom is 0.318 e. The van der Waals surface area contributed by atoms with E-state index >= 15 is 0 Å². The summed E-state index contributed by atoms with van der Waals surface area (Å²) >= 11 is 0. The molecule has 0 radical (unpaired) electrons. The number of methoxy groups -OCH3 is 1. The van der Waals surface area contributed by atoms with Gasteiger partial charge in [0.25, 0.3) is 5.91 Å². The number of nitrogens with zero attached hydrogens (tertiary/aromatic N) is 2. The second kappa shape index (κ2) is 10.5. The van der Waals surface area contributed by atoms with E-state index in [4.69, 9.17) is 4.74 Å². The number of piperazine rings is 1. The van der Waals surface area contributed by atoms with Crippen LogP contribution in [0.5, 0.6) is 5.75 Å². The van der Waals surface area contributed by atoms with Crippen LogP contribution in [0.3, 0.4) is 0 Å². The van der Waals surface area contributed by atoms with E-state index in [2.05, 4.69) is 15.6 Å². The van der Waals surface area contributed by atoms with Crippen LogP contribution in [-0.2, 0) is 4.79 Å². The van der Waals surface area contributed by atoms with Gasteiger partial charge in [0, 0.05) is 42.8 Å². The molecule has 9 heteroatoms. The highest BCUT2D eigenvalue weighted by atomic mass is 16.5. The smallest absolute Gasteiger partial charge is 0.318 e. The van der Waals surface area contributed by atoms with Gasteiger partial charge in [-0.15, -0.1) is 0 Å². The van der Waals surface area contributed by atoms with Gasteiger partial charge >= 0.3 is 6.03 Å². The molecule has 1 aromatic heterocycles. The molecular weight excluding hydrogens is 446 g/mol. The molecule has 1 atom stereocenters. The third-order valence-electron chi connectivity index (χ3n) is 6.20. The SMILES string of the molecule is COc1ccc(NC(=O)C(NC(=O)N2CCN(C(=O)c3cc4ccccc4[nH]3)CC2)C(C)C)cc1. The van der Waals surface area contributed by atoms with E-state index < -0.39 is 6.04 Å². The normalized spacial score (nSPS) is 14.6. The largest absolute Gasteiger partial charge is 0.497 e. The average Bonchev–Trinajstić information content (AvgIpc) is 3.31. The number of hydrogen-bond donors (Lipinski definition) is 3. The highest BCUT2D eigenvalue weighted by molar-refractivity contribution is 5.98. The van der Waals surface area contributed by atoms with Gasteiger partial charge in [-0.1, -0.05) is 32.0 Å². The zero-order chi connectivity index (χ0) is 24.9. The van der Waals surface area contributed by atoms with Crippen molar-refractivity contribution in [2.75, 3.05) is 38.6 Å². The number of para-hydroxylation sites is 1. The number of nitrogens with one attached hydrogen (secondary N) is 3. The third-order valence-corrected chi connectivity index (χ3v) is 6.20. The minimum atomic E-state index is -0.699. The second-order valence-corrected chi connectivity index (χ2v) is 8.94. The number of hydrogen-bond acceptors (Lipinski definition) is 4. The van der Waals surface area contributed by atoms with Crippen LogP contribution in [0.15, 0.2) is 54.6 Å². The lowest BCUT2D eigenvalue weighted by molar-refractivity contribution is -0.118. The Kier molecular flexibility index (Phi) is 7.24. The number of rotatable bonds is 6. The lowest BCUT2D eigenvalue weighted by Crippen LogP contribution is -2.57. The molecule has 1 aliphatic heterocycles. The topological polar surface area (TPSA) is 107 Å². The predicted octanol–water partition coefficient (Wildman–Crippen LogP) is 3.31. The number of carbonyl (C=O) groups excluding carboxylic acids is 3. The van der Waals surface area contributed by atoms with Crippen molar-refractivity contribution in [1.29, 1.82) is 0 Å². The van der Waals surface area contributed by atoms with Crippen LogP contribution in [0.1, 0.15) is 24.3 Å². The van der Waals surface area contributed by atoms with Crippen molar-refractivity contribution < 1.29 is 19.1 Å². The molecule has 1 saturated heterocycles. The fraction of sp³-hybridized carbons (Fsp3) is 0.346. The predicted molar refractivity (Wildman–Crippen MR) is 135 cm³/mol.